The number of rotatable bonds is 2. The Balaban J connectivity index is 1.77. The zero-order chi connectivity index (χ0) is 21.3. The number of Topliss-reactive ketones (excluding diaryl/α,β-unsaturated/α-hetero) is 1. The van der Waals surface area contributed by atoms with Gasteiger partial charge in [0.05, 0.1) is 22.1 Å². The van der Waals surface area contributed by atoms with Crippen molar-refractivity contribution in [2.75, 3.05) is 0 Å². The SMILES string of the molecule is Cn1c(=O)n2n(c1=O)C1CC3=C(C(=O)C(I)=CC3=O)C(c3ccc(CO)o3)C1=CC2. The summed E-state index contributed by atoms with van der Waals surface area (Å²) in [6.07, 6.45) is 3.27. The normalized spacial score (nSPS) is 23.0. The van der Waals surface area contributed by atoms with Crippen molar-refractivity contribution < 1.29 is 19.1 Å². The van der Waals surface area contributed by atoms with Crippen molar-refractivity contribution in [3.05, 3.63) is 77.1 Å². The van der Waals surface area contributed by atoms with Crippen LogP contribution in [0.25, 0.3) is 0 Å². The molecular weight excluding hydrogens is 505 g/mol. The summed E-state index contributed by atoms with van der Waals surface area (Å²) in [7, 11) is 1.41. The van der Waals surface area contributed by atoms with E-state index in [1.807, 2.05) is 28.7 Å². The Kier molecular flexibility index (Phi) is 4.26. The molecule has 0 fully saturated rings. The molecule has 5 rings (SSSR count). The number of halogens is 1. The number of hydrogen-bond donors (Lipinski definition) is 1. The number of aromatic nitrogens is 3. The van der Waals surface area contributed by atoms with Gasteiger partial charge in [0.2, 0.25) is 0 Å². The smallest absolute Gasteiger partial charge is 0.347 e. The van der Waals surface area contributed by atoms with Gasteiger partial charge < -0.3 is 9.52 Å². The Morgan fingerprint density at radius 3 is 2.67 bits per heavy atom. The third-order valence-corrected chi connectivity index (χ3v) is 6.72. The van der Waals surface area contributed by atoms with Gasteiger partial charge in [-0.1, -0.05) is 6.08 Å². The molecule has 30 heavy (non-hydrogen) atoms. The van der Waals surface area contributed by atoms with Gasteiger partial charge in [-0.25, -0.2) is 23.5 Å². The summed E-state index contributed by atoms with van der Waals surface area (Å²) in [6, 6.07) is 2.69. The van der Waals surface area contributed by atoms with Crippen molar-refractivity contribution in [3.63, 3.8) is 0 Å². The van der Waals surface area contributed by atoms with Gasteiger partial charge >= 0.3 is 11.4 Å². The van der Waals surface area contributed by atoms with E-state index >= 15 is 0 Å². The van der Waals surface area contributed by atoms with E-state index in [1.54, 1.807) is 12.1 Å². The fraction of sp³-hybridized carbons (Fsp3) is 0.300. The Morgan fingerprint density at radius 1 is 1.20 bits per heavy atom. The molecule has 1 N–H and O–H groups in total. The van der Waals surface area contributed by atoms with E-state index < -0.39 is 23.3 Å². The number of allylic oxidation sites excluding steroid dienone is 6. The lowest BCUT2D eigenvalue weighted by Gasteiger charge is -2.38. The van der Waals surface area contributed by atoms with Gasteiger partial charge in [-0.05, 0) is 40.3 Å². The summed E-state index contributed by atoms with van der Waals surface area (Å²) in [5.41, 5.74) is 0.480. The van der Waals surface area contributed by atoms with E-state index in [0.29, 0.717) is 26.2 Å². The predicted octanol–water partition coefficient (Wildman–Crippen LogP) is 0.870. The lowest BCUT2D eigenvalue weighted by atomic mass is 9.70. The molecule has 2 aliphatic carbocycles. The first-order valence-electron chi connectivity index (χ1n) is 9.30. The second-order valence-corrected chi connectivity index (χ2v) is 8.61. The maximum absolute atomic E-state index is 13.1. The van der Waals surface area contributed by atoms with E-state index in [0.717, 1.165) is 10.1 Å². The molecular formula is C20H16IN3O6. The molecule has 154 valence electrons. The zero-order valence-electron chi connectivity index (χ0n) is 15.8. The second kappa shape index (κ2) is 6.64. The molecule has 2 aromatic heterocycles. The lowest BCUT2D eigenvalue weighted by molar-refractivity contribution is -0.115. The molecule has 0 bridgehead atoms. The highest BCUT2D eigenvalue weighted by Gasteiger charge is 2.46. The molecule has 2 unspecified atom stereocenters. The first-order chi connectivity index (χ1) is 14.3. The molecule has 10 heteroatoms. The van der Waals surface area contributed by atoms with Crippen molar-refractivity contribution in [1.82, 2.24) is 13.9 Å². The van der Waals surface area contributed by atoms with E-state index in [4.69, 9.17) is 4.42 Å². The number of hydrogen-bond acceptors (Lipinski definition) is 6. The molecule has 0 aromatic carbocycles. The molecule has 0 radical (unpaired) electrons. The fourth-order valence-corrected chi connectivity index (χ4v) is 5.11. The summed E-state index contributed by atoms with van der Waals surface area (Å²) in [4.78, 5) is 51.1. The van der Waals surface area contributed by atoms with Gasteiger partial charge in [0, 0.05) is 30.7 Å². The second-order valence-electron chi connectivity index (χ2n) is 7.45. The van der Waals surface area contributed by atoms with Gasteiger partial charge in [-0.15, -0.1) is 0 Å². The van der Waals surface area contributed by atoms with Crippen LogP contribution in [-0.4, -0.2) is 30.6 Å². The van der Waals surface area contributed by atoms with Crippen LogP contribution in [-0.2, 0) is 29.8 Å². The topological polar surface area (TPSA) is 116 Å². The Labute approximate surface area is 182 Å². The van der Waals surface area contributed by atoms with Crippen LogP contribution in [0, 0.1) is 0 Å². The molecule has 3 aliphatic rings. The summed E-state index contributed by atoms with van der Waals surface area (Å²) >= 11 is 1.85. The van der Waals surface area contributed by atoms with Gasteiger partial charge in [0.25, 0.3) is 0 Å². The van der Waals surface area contributed by atoms with Gasteiger partial charge in [0.1, 0.15) is 18.1 Å². The third-order valence-electron chi connectivity index (χ3n) is 5.91. The monoisotopic (exact) mass is 521 g/mol. The summed E-state index contributed by atoms with van der Waals surface area (Å²) in [5, 5.41) is 9.41. The van der Waals surface area contributed by atoms with Crippen LogP contribution in [0.4, 0.5) is 0 Å². The highest BCUT2D eigenvalue weighted by atomic mass is 127. The first-order valence-corrected chi connectivity index (χ1v) is 10.4. The van der Waals surface area contributed by atoms with Gasteiger partial charge in [0.15, 0.2) is 11.6 Å². The number of carbonyl (C=O) groups is 2. The van der Waals surface area contributed by atoms with Gasteiger partial charge in [-0.3, -0.25) is 9.59 Å². The average molecular weight is 521 g/mol. The molecule has 2 aromatic rings. The van der Waals surface area contributed by atoms with Gasteiger partial charge in [-0.2, -0.15) is 0 Å². The van der Waals surface area contributed by atoms with Crippen LogP contribution in [0.3, 0.4) is 0 Å². The van der Waals surface area contributed by atoms with Crippen LogP contribution in [0.2, 0.25) is 0 Å². The van der Waals surface area contributed by atoms with E-state index in [2.05, 4.69) is 0 Å². The Hall–Kier alpha value is -2.73. The molecule has 0 spiro atoms. The third kappa shape index (κ3) is 2.49. The minimum absolute atomic E-state index is 0.138. The van der Waals surface area contributed by atoms with Crippen LogP contribution >= 0.6 is 22.6 Å². The van der Waals surface area contributed by atoms with Crippen LogP contribution < -0.4 is 11.4 Å². The van der Waals surface area contributed by atoms with Crippen molar-refractivity contribution in [2.24, 2.45) is 7.05 Å². The van der Waals surface area contributed by atoms with Crippen molar-refractivity contribution in [2.45, 2.75) is 31.5 Å². The van der Waals surface area contributed by atoms with Crippen molar-refractivity contribution in [3.8, 4) is 0 Å². The molecule has 9 nitrogen and oxygen atoms in total. The Bertz CT molecular complexity index is 1350. The fourth-order valence-electron chi connectivity index (χ4n) is 4.54. The van der Waals surface area contributed by atoms with E-state index in [1.165, 1.54) is 22.5 Å². The first kappa shape index (κ1) is 19.2. The Morgan fingerprint density at radius 2 is 1.97 bits per heavy atom. The summed E-state index contributed by atoms with van der Waals surface area (Å²) in [5.74, 6) is -0.464. The predicted molar refractivity (Wildman–Crippen MR) is 112 cm³/mol. The molecule has 0 saturated carbocycles. The van der Waals surface area contributed by atoms with Crippen LogP contribution in [0.1, 0.15) is 29.9 Å². The highest BCUT2D eigenvalue weighted by Crippen LogP contribution is 2.50. The number of aliphatic hydroxyl groups excluding tert-OH is 1. The average Bonchev–Trinajstić information content (AvgIpc) is 3.30. The maximum atomic E-state index is 13.1. The molecule has 2 atom stereocenters. The van der Waals surface area contributed by atoms with Crippen LogP contribution in [0.5, 0.6) is 0 Å². The standard InChI is InChI=1S/C20H16IN3O6/c1-22-19(28)23-5-4-10-13(24(23)20(22)29)6-11-14(26)7-12(21)18(27)17(11)16(10)15-3-2-9(8-25)30-15/h2-4,7,13,16,25H,5-6,8H2,1H3. The summed E-state index contributed by atoms with van der Waals surface area (Å²) in [6.45, 7) is -0.133. The molecule has 0 saturated heterocycles. The maximum Gasteiger partial charge on any atom is 0.347 e. The number of nitrogens with zero attached hydrogens (tertiary/aromatic N) is 3. The lowest BCUT2D eigenvalue weighted by Crippen LogP contribution is -2.40. The van der Waals surface area contributed by atoms with Crippen molar-refractivity contribution in [1.29, 1.82) is 0 Å². The molecule has 1 aliphatic heterocycles. The number of fused-ring (bicyclic) bond motifs is 3. The van der Waals surface area contributed by atoms with E-state index in [-0.39, 0.29) is 31.1 Å². The largest absolute Gasteiger partial charge is 0.463 e. The molecule has 3 heterocycles. The zero-order valence-corrected chi connectivity index (χ0v) is 18.0. The number of carbonyl (C=O) groups excluding carboxylic acids is 2. The van der Waals surface area contributed by atoms with Crippen molar-refractivity contribution >= 4 is 34.2 Å². The molecule has 0 amide bonds. The van der Waals surface area contributed by atoms with Crippen LogP contribution in [0.15, 0.2) is 58.6 Å². The number of furan rings is 1. The summed E-state index contributed by atoms with van der Waals surface area (Å²) < 4.78 is 9.82. The minimum atomic E-state index is -0.676. The van der Waals surface area contributed by atoms with E-state index in [9.17, 15) is 24.3 Å². The number of ketones is 2. The quantitative estimate of drug-likeness (QED) is 0.356. The minimum Gasteiger partial charge on any atom is -0.463 e. The number of aliphatic hydroxyl groups is 1. The highest BCUT2D eigenvalue weighted by molar-refractivity contribution is 14.1.